The summed E-state index contributed by atoms with van der Waals surface area (Å²) in [5.41, 5.74) is -0.968. The number of nitrogens with one attached hydrogen (secondary N) is 1. The van der Waals surface area contributed by atoms with Gasteiger partial charge in [-0.3, -0.25) is 9.78 Å². The minimum Gasteiger partial charge on any atom is -0.483 e. The molecule has 2 aromatic rings. The predicted octanol–water partition coefficient (Wildman–Crippen LogP) is 4.40. The zero-order valence-electron chi connectivity index (χ0n) is 18.2. The van der Waals surface area contributed by atoms with E-state index in [1.54, 1.807) is 19.9 Å². The van der Waals surface area contributed by atoms with E-state index in [-0.39, 0.29) is 17.7 Å². The molecule has 0 radical (unpaired) electrons. The molecule has 0 fully saturated rings. The molecule has 0 bridgehead atoms. The fraction of sp³-hybridized carbons (Fsp3) is 0.261. The summed E-state index contributed by atoms with van der Waals surface area (Å²) >= 11 is 0. The number of hydrogen-bond acceptors (Lipinski definition) is 5. The van der Waals surface area contributed by atoms with Crippen LogP contribution in [0.25, 0.3) is 0 Å². The Kier molecular flexibility index (Phi) is 7.04. The van der Waals surface area contributed by atoms with Crippen LogP contribution in [0.5, 0.6) is 11.5 Å². The zero-order valence-corrected chi connectivity index (χ0v) is 18.2. The van der Waals surface area contributed by atoms with Crippen LogP contribution in [0.3, 0.4) is 0 Å². The van der Waals surface area contributed by atoms with Gasteiger partial charge in [0.2, 0.25) is 34.8 Å². The molecule has 6 nitrogen and oxygen atoms in total. The van der Waals surface area contributed by atoms with Crippen molar-refractivity contribution in [3.05, 3.63) is 76.9 Å². The summed E-state index contributed by atoms with van der Waals surface area (Å²) < 4.78 is 78.4. The van der Waals surface area contributed by atoms with Crippen molar-refractivity contribution in [1.29, 1.82) is 0 Å². The normalized spacial score (nSPS) is 19.8. The van der Waals surface area contributed by atoms with Gasteiger partial charge < -0.3 is 14.8 Å². The number of amides is 1. The highest BCUT2D eigenvalue weighted by atomic mass is 19.2. The van der Waals surface area contributed by atoms with Crippen LogP contribution in [0.15, 0.2) is 42.1 Å². The van der Waals surface area contributed by atoms with Crippen LogP contribution in [0.2, 0.25) is 0 Å². The molecule has 1 aromatic heterocycles. The van der Waals surface area contributed by atoms with E-state index in [0.29, 0.717) is 5.75 Å². The van der Waals surface area contributed by atoms with Crippen molar-refractivity contribution in [2.45, 2.75) is 25.9 Å². The molecular formula is C23H19F5N2O4. The van der Waals surface area contributed by atoms with Gasteiger partial charge in [-0.25, -0.2) is 18.0 Å². The molecule has 1 heterocycles. The second-order valence-electron chi connectivity index (χ2n) is 7.69. The van der Waals surface area contributed by atoms with Gasteiger partial charge in [-0.05, 0) is 25.5 Å². The average molecular weight is 482 g/mol. The lowest BCUT2D eigenvalue weighted by Gasteiger charge is -2.33. The summed E-state index contributed by atoms with van der Waals surface area (Å²) in [6.45, 7) is 3.43. The zero-order chi connectivity index (χ0) is 25.2. The molecular weight excluding hydrogens is 463 g/mol. The SMILES string of the molecule is CNC(=O)c1cc(OC2(C)C=CC=C(C(=O)Oc3c(F)c(F)c(F)c(F)c3F)CC2C)ccn1. The van der Waals surface area contributed by atoms with Crippen LogP contribution in [-0.2, 0) is 4.79 Å². The summed E-state index contributed by atoms with van der Waals surface area (Å²) in [5, 5.41) is 2.44. The van der Waals surface area contributed by atoms with Crippen LogP contribution in [-0.4, -0.2) is 29.5 Å². The maximum atomic E-state index is 13.9. The molecule has 0 saturated heterocycles. The third-order valence-electron chi connectivity index (χ3n) is 5.38. The first kappa shape index (κ1) is 24.9. The molecule has 11 heteroatoms. The highest BCUT2D eigenvalue weighted by Crippen LogP contribution is 2.35. The molecule has 3 rings (SSSR count). The number of esters is 1. The van der Waals surface area contributed by atoms with E-state index in [1.807, 2.05) is 0 Å². The Bertz CT molecular complexity index is 1190. The van der Waals surface area contributed by atoms with E-state index in [1.165, 1.54) is 37.5 Å². The first-order valence-corrected chi connectivity index (χ1v) is 9.97. The molecule has 1 aliphatic carbocycles. The second-order valence-corrected chi connectivity index (χ2v) is 7.69. The van der Waals surface area contributed by atoms with E-state index >= 15 is 0 Å². The van der Waals surface area contributed by atoms with Gasteiger partial charge >= 0.3 is 5.97 Å². The molecule has 180 valence electrons. The van der Waals surface area contributed by atoms with Crippen molar-refractivity contribution in [2.24, 2.45) is 5.92 Å². The maximum absolute atomic E-state index is 13.9. The van der Waals surface area contributed by atoms with Crippen molar-refractivity contribution < 1.29 is 41.0 Å². The Hall–Kier alpha value is -3.76. The summed E-state index contributed by atoms with van der Waals surface area (Å²) in [4.78, 5) is 28.3. The Morgan fingerprint density at radius 1 is 1.09 bits per heavy atom. The molecule has 1 amide bonds. The molecule has 1 N–H and O–H groups in total. The van der Waals surface area contributed by atoms with E-state index in [0.717, 1.165) is 0 Å². The predicted molar refractivity (Wildman–Crippen MR) is 110 cm³/mol. The van der Waals surface area contributed by atoms with E-state index in [4.69, 9.17) is 4.74 Å². The lowest BCUT2D eigenvalue weighted by Crippen LogP contribution is -2.37. The lowest BCUT2D eigenvalue weighted by molar-refractivity contribution is -0.131. The first-order valence-electron chi connectivity index (χ1n) is 9.97. The molecule has 0 spiro atoms. The summed E-state index contributed by atoms with van der Waals surface area (Å²) in [6, 6.07) is 2.97. The smallest absolute Gasteiger partial charge is 0.339 e. The van der Waals surface area contributed by atoms with Crippen molar-refractivity contribution in [3.8, 4) is 11.5 Å². The summed E-state index contributed by atoms with van der Waals surface area (Å²) in [7, 11) is 1.45. The molecule has 2 atom stereocenters. The first-order chi connectivity index (χ1) is 16.0. The minimum atomic E-state index is -2.36. The van der Waals surface area contributed by atoms with Crippen molar-refractivity contribution in [2.75, 3.05) is 7.05 Å². The quantitative estimate of drug-likeness (QED) is 0.225. The number of carbonyl (C=O) groups is 2. The van der Waals surface area contributed by atoms with Crippen LogP contribution in [0.1, 0.15) is 30.8 Å². The molecule has 1 aromatic carbocycles. The van der Waals surface area contributed by atoms with Gasteiger partial charge in [0.1, 0.15) is 17.0 Å². The van der Waals surface area contributed by atoms with Crippen molar-refractivity contribution in [1.82, 2.24) is 10.3 Å². The van der Waals surface area contributed by atoms with Crippen LogP contribution < -0.4 is 14.8 Å². The number of rotatable bonds is 5. The van der Waals surface area contributed by atoms with Gasteiger partial charge in [-0.15, -0.1) is 0 Å². The molecule has 2 unspecified atom stereocenters. The number of pyridine rings is 1. The number of hydrogen-bond donors (Lipinski definition) is 1. The standard InChI is InChI=1S/C23H19F5N2O4/c1-11-9-12(22(32)33-20-18(27)16(25)15(24)17(26)19(20)28)5-4-7-23(11,2)34-13-6-8-30-14(10-13)21(31)29-3/h4-8,10-11H,9H2,1-3H3,(H,29,31). The van der Waals surface area contributed by atoms with E-state index in [2.05, 4.69) is 15.0 Å². The van der Waals surface area contributed by atoms with Crippen LogP contribution >= 0.6 is 0 Å². The molecule has 34 heavy (non-hydrogen) atoms. The number of ether oxygens (including phenoxy) is 2. The summed E-state index contributed by atoms with van der Waals surface area (Å²) in [5.74, 6) is -14.8. The number of benzene rings is 1. The third kappa shape index (κ3) is 4.78. The largest absolute Gasteiger partial charge is 0.483 e. The fourth-order valence-corrected chi connectivity index (χ4v) is 3.22. The van der Waals surface area contributed by atoms with E-state index < -0.39 is 58.2 Å². The van der Waals surface area contributed by atoms with Crippen LogP contribution in [0.4, 0.5) is 22.0 Å². The lowest BCUT2D eigenvalue weighted by atomic mass is 9.86. The Balaban J connectivity index is 1.79. The maximum Gasteiger partial charge on any atom is 0.339 e. The number of allylic oxidation sites excluding steroid dienone is 2. The second kappa shape index (κ2) is 9.62. The fourth-order valence-electron chi connectivity index (χ4n) is 3.22. The number of aromatic nitrogens is 1. The number of carbonyl (C=O) groups excluding carboxylic acids is 2. The van der Waals surface area contributed by atoms with Crippen molar-refractivity contribution in [3.63, 3.8) is 0 Å². The van der Waals surface area contributed by atoms with Gasteiger partial charge in [0, 0.05) is 30.8 Å². The topological polar surface area (TPSA) is 77.5 Å². The Labute approximate surface area is 191 Å². The Morgan fingerprint density at radius 3 is 2.32 bits per heavy atom. The molecule has 1 aliphatic rings. The third-order valence-corrected chi connectivity index (χ3v) is 5.38. The highest BCUT2D eigenvalue weighted by molar-refractivity contribution is 5.92. The average Bonchev–Trinajstić information content (AvgIpc) is 2.96. The van der Waals surface area contributed by atoms with E-state index in [9.17, 15) is 31.5 Å². The van der Waals surface area contributed by atoms with Gasteiger partial charge in [0.15, 0.2) is 0 Å². The van der Waals surface area contributed by atoms with Crippen molar-refractivity contribution >= 4 is 11.9 Å². The Morgan fingerprint density at radius 2 is 1.71 bits per heavy atom. The monoisotopic (exact) mass is 482 g/mol. The molecule has 0 aliphatic heterocycles. The van der Waals surface area contributed by atoms with Gasteiger partial charge in [0.05, 0.1) is 0 Å². The molecule has 0 saturated carbocycles. The van der Waals surface area contributed by atoms with Gasteiger partial charge in [0.25, 0.3) is 5.91 Å². The van der Waals surface area contributed by atoms with Gasteiger partial charge in [-0.2, -0.15) is 8.78 Å². The summed E-state index contributed by atoms with van der Waals surface area (Å²) in [6.07, 6.45) is 5.72. The minimum absolute atomic E-state index is 0.0227. The van der Waals surface area contributed by atoms with Crippen LogP contribution in [0, 0.1) is 35.0 Å². The number of nitrogens with zero attached hydrogens (tertiary/aromatic N) is 1. The number of halogens is 5. The van der Waals surface area contributed by atoms with Gasteiger partial charge in [-0.1, -0.05) is 19.1 Å². The highest BCUT2D eigenvalue weighted by Gasteiger charge is 2.35.